The molecule has 0 amide bonds. The number of likely N-dealkylation sites (N-methyl/N-ethyl adjacent to an activating group) is 1. The summed E-state index contributed by atoms with van der Waals surface area (Å²) in [4.78, 5) is 2.22. The first kappa shape index (κ1) is 24.8. The van der Waals surface area contributed by atoms with Gasteiger partial charge in [-0.1, -0.05) is 48.0 Å². The third-order valence-electron chi connectivity index (χ3n) is 4.29. The fourth-order valence-corrected chi connectivity index (χ4v) is 2.75. The average molecular weight is 376 g/mol. The minimum atomic E-state index is -4.34. The van der Waals surface area contributed by atoms with Gasteiger partial charge in [0.05, 0.1) is 5.56 Å². The van der Waals surface area contributed by atoms with E-state index in [9.17, 15) is 13.2 Å². The molecule has 26 heavy (non-hydrogen) atoms. The molecule has 1 aliphatic rings. The number of rotatable bonds is 4. The van der Waals surface area contributed by atoms with Crippen molar-refractivity contribution in [2.24, 2.45) is 0 Å². The molecule has 2 rings (SSSR count). The second-order valence-corrected chi connectivity index (χ2v) is 6.38. The van der Waals surface area contributed by atoms with E-state index >= 15 is 0 Å². The summed E-state index contributed by atoms with van der Waals surface area (Å²) in [5.74, 6) is 0.347. The fraction of sp³-hybridized carbons (Fsp3) is 0.714. The van der Waals surface area contributed by atoms with E-state index in [2.05, 4.69) is 4.90 Å². The Hall–Kier alpha value is -1.23. The molecule has 1 fully saturated rings. The second kappa shape index (κ2) is 12.2. The molecule has 1 saturated heterocycles. The lowest BCUT2D eigenvalue weighted by atomic mass is 10.00. The third-order valence-corrected chi connectivity index (χ3v) is 4.29. The molecule has 0 aromatic heterocycles. The van der Waals surface area contributed by atoms with Crippen LogP contribution in [0.1, 0.15) is 77.8 Å². The van der Waals surface area contributed by atoms with Gasteiger partial charge in [0, 0.05) is 6.04 Å². The molecule has 1 aromatic rings. The molecule has 0 bridgehead atoms. The second-order valence-electron chi connectivity index (χ2n) is 6.38. The summed E-state index contributed by atoms with van der Waals surface area (Å²) in [6.07, 6.45) is -0.983. The zero-order valence-corrected chi connectivity index (χ0v) is 17.4. The summed E-state index contributed by atoms with van der Waals surface area (Å²) < 4.78 is 44.7. The Morgan fingerprint density at radius 3 is 2.19 bits per heavy atom. The van der Waals surface area contributed by atoms with Crippen molar-refractivity contribution in [3.63, 3.8) is 0 Å². The molecule has 0 aliphatic carbocycles. The molecule has 5 heteroatoms. The van der Waals surface area contributed by atoms with Crippen LogP contribution in [0.5, 0.6) is 5.75 Å². The minimum absolute atomic E-state index is 0.0296. The van der Waals surface area contributed by atoms with Crippen molar-refractivity contribution in [1.29, 1.82) is 0 Å². The molecule has 1 aromatic carbocycles. The van der Waals surface area contributed by atoms with Crippen LogP contribution in [0, 0.1) is 0 Å². The standard InChI is InChI=1S/C17H24F3NO.2C2H6/c1-12(2)13-8-14(17(18,19)20)10-16(9-13)22-11-15-6-4-5-7-21(15)3;2*1-2/h8-10,12,15H,4-7,11H2,1-3H3;2*1-2H3. The molecular weight excluding hydrogens is 339 g/mol. The van der Waals surface area contributed by atoms with Crippen molar-refractivity contribution in [2.45, 2.75) is 78.9 Å². The van der Waals surface area contributed by atoms with Gasteiger partial charge in [0.15, 0.2) is 0 Å². The van der Waals surface area contributed by atoms with E-state index in [4.69, 9.17) is 4.74 Å². The van der Waals surface area contributed by atoms with E-state index in [1.54, 1.807) is 6.07 Å². The number of benzene rings is 1. The maximum atomic E-state index is 13.0. The summed E-state index contributed by atoms with van der Waals surface area (Å²) in [7, 11) is 2.04. The van der Waals surface area contributed by atoms with Gasteiger partial charge in [-0.05, 0) is 56.1 Å². The number of halogens is 3. The third kappa shape index (κ3) is 7.98. The van der Waals surface area contributed by atoms with Crippen molar-refractivity contribution < 1.29 is 17.9 Å². The highest BCUT2D eigenvalue weighted by Gasteiger charge is 2.31. The van der Waals surface area contributed by atoms with E-state index in [1.165, 1.54) is 12.5 Å². The Labute approximate surface area is 157 Å². The average Bonchev–Trinajstić information content (AvgIpc) is 2.63. The zero-order valence-electron chi connectivity index (χ0n) is 17.4. The molecule has 1 atom stereocenters. The minimum Gasteiger partial charge on any atom is -0.492 e. The summed E-state index contributed by atoms with van der Waals surface area (Å²) in [6.45, 7) is 13.2. The van der Waals surface area contributed by atoms with Crippen LogP contribution in [0.25, 0.3) is 0 Å². The fourth-order valence-electron chi connectivity index (χ4n) is 2.75. The molecule has 152 valence electrons. The van der Waals surface area contributed by atoms with E-state index < -0.39 is 11.7 Å². The van der Waals surface area contributed by atoms with Crippen LogP contribution in [0.3, 0.4) is 0 Å². The molecule has 0 saturated carbocycles. The topological polar surface area (TPSA) is 12.5 Å². The first-order valence-corrected chi connectivity index (χ1v) is 9.82. The van der Waals surface area contributed by atoms with Crippen LogP contribution in [0.4, 0.5) is 13.2 Å². The van der Waals surface area contributed by atoms with Crippen LogP contribution in [-0.4, -0.2) is 31.1 Å². The van der Waals surface area contributed by atoms with Gasteiger partial charge in [-0.3, -0.25) is 0 Å². The number of ether oxygens (including phenoxy) is 1. The first-order chi connectivity index (χ1) is 12.3. The van der Waals surface area contributed by atoms with Gasteiger partial charge in [0.25, 0.3) is 0 Å². The number of hydrogen-bond donors (Lipinski definition) is 0. The monoisotopic (exact) mass is 375 g/mol. The number of hydrogen-bond acceptors (Lipinski definition) is 2. The van der Waals surface area contributed by atoms with Gasteiger partial charge in [0.1, 0.15) is 12.4 Å². The van der Waals surface area contributed by atoms with Gasteiger partial charge in [-0.15, -0.1) is 0 Å². The molecule has 1 aliphatic heterocycles. The van der Waals surface area contributed by atoms with Crippen molar-refractivity contribution >= 4 is 0 Å². The highest BCUT2D eigenvalue weighted by molar-refractivity contribution is 5.37. The molecular formula is C21H36F3NO. The Balaban J connectivity index is 0.00000146. The molecule has 0 N–H and O–H groups in total. The Bertz CT molecular complexity index is 501. The van der Waals surface area contributed by atoms with Gasteiger partial charge < -0.3 is 9.64 Å². The maximum absolute atomic E-state index is 13.0. The lowest BCUT2D eigenvalue weighted by molar-refractivity contribution is -0.137. The van der Waals surface area contributed by atoms with Crippen LogP contribution in [0.2, 0.25) is 0 Å². The predicted molar refractivity (Wildman–Crippen MR) is 104 cm³/mol. The van der Waals surface area contributed by atoms with Crippen molar-refractivity contribution in [2.75, 3.05) is 20.2 Å². The molecule has 2 nitrogen and oxygen atoms in total. The normalized spacial score (nSPS) is 17.7. The summed E-state index contributed by atoms with van der Waals surface area (Å²) in [6, 6.07) is 4.33. The maximum Gasteiger partial charge on any atom is 0.416 e. The molecule has 0 spiro atoms. The molecule has 0 radical (unpaired) electrons. The summed E-state index contributed by atoms with van der Waals surface area (Å²) >= 11 is 0. The number of alkyl halides is 3. The first-order valence-electron chi connectivity index (χ1n) is 9.82. The van der Waals surface area contributed by atoms with Gasteiger partial charge >= 0.3 is 6.18 Å². The predicted octanol–water partition coefficient (Wildman–Crippen LogP) is 6.74. The van der Waals surface area contributed by atoms with Crippen molar-refractivity contribution in [3.05, 3.63) is 29.3 Å². The van der Waals surface area contributed by atoms with E-state index in [-0.39, 0.29) is 12.0 Å². The SMILES string of the molecule is CC.CC.CC(C)c1cc(OCC2CCCCN2C)cc(C(F)(F)F)c1. The summed E-state index contributed by atoms with van der Waals surface area (Å²) in [5, 5.41) is 0. The lowest BCUT2D eigenvalue weighted by Gasteiger charge is -2.32. The number of piperidine rings is 1. The van der Waals surface area contributed by atoms with Gasteiger partial charge in [-0.25, -0.2) is 0 Å². The highest BCUT2D eigenvalue weighted by atomic mass is 19.4. The Morgan fingerprint density at radius 2 is 1.69 bits per heavy atom. The highest BCUT2D eigenvalue weighted by Crippen LogP contribution is 2.34. The van der Waals surface area contributed by atoms with Crippen molar-refractivity contribution in [1.82, 2.24) is 4.90 Å². The van der Waals surface area contributed by atoms with E-state index in [0.29, 0.717) is 17.9 Å². The van der Waals surface area contributed by atoms with E-state index in [1.807, 2.05) is 48.6 Å². The molecule has 1 unspecified atom stereocenters. The van der Waals surface area contributed by atoms with Gasteiger partial charge in [-0.2, -0.15) is 13.2 Å². The van der Waals surface area contributed by atoms with Crippen LogP contribution < -0.4 is 4.74 Å². The van der Waals surface area contributed by atoms with Crippen LogP contribution in [0.15, 0.2) is 18.2 Å². The quantitative estimate of drug-likeness (QED) is 0.577. The van der Waals surface area contributed by atoms with Gasteiger partial charge in [0.2, 0.25) is 0 Å². The lowest BCUT2D eigenvalue weighted by Crippen LogP contribution is -2.40. The zero-order chi connectivity index (χ0) is 20.3. The van der Waals surface area contributed by atoms with E-state index in [0.717, 1.165) is 25.5 Å². The summed E-state index contributed by atoms with van der Waals surface area (Å²) in [5.41, 5.74) is 0.0209. The van der Waals surface area contributed by atoms with Crippen molar-refractivity contribution in [3.8, 4) is 5.75 Å². The van der Waals surface area contributed by atoms with Crippen LogP contribution >= 0.6 is 0 Å². The Morgan fingerprint density at radius 1 is 1.08 bits per heavy atom. The smallest absolute Gasteiger partial charge is 0.416 e. The van der Waals surface area contributed by atoms with Crippen LogP contribution in [-0.2, 0) is 6.18 Å². The largest absolute Gasteiger partial charge is 0.492 e. The number of nitrogens with zero attached hydrogens (tertiary/aromatic N) is 1. The molecule has 1 heterocycles. The number of likely N-dealkylation sites (tertiary alicyclic amines) is 1. The Kier molecular flexibility index (Phi) is 11.6.